The molecule has 0 aromatic carbocycles. The van der Waals surface area contributed by atoms with Gasteiger partial charge in [0.1, 0.15) is 0 Å². The zero-order valence-electron chi connectivity index (χ0n) is 8.62. The van der Waals surface area contributed by atoms with Crippen molar-refractivity contribution < 1.29 is 8.22 Å². The van der Waals surface area contributed by atoms with Crippen LogP contribution in [0.15, 0.2) is 0 Å². The first-order valence-corrected chi connectivity index (χ1v) is 8.35. The summed E-state index contributed by atoms with van der Waals surface area (Å²) in [6, 6.07) is 0. The van der Waals surface area contributed by atoms with Crippen LogP contribution in [0.25, 0.3) is 0 Å². The predicted molar refractivity (Wildman–Crippen MR) is 58.6 cm³/mol. The fourth-order valence-corrected chi connectivity index (χ4v) is 0.224. The average molecular weight is 217 g/mol. The van der Waals surface area contributed by atoms with Crippen LogP contribution in [0.3, 0.4) is 0 Å². The minimum absolute atomic E-state index is 1.03. The number of halogens is 2. The molecule has 0 unspecified atom stereocenters. The van der Waals surface area contributed by atoms with Gasteiger partial charge in [-0.1, -0.05) is 0 Å². The molecule has 78 valence electrons. The second-order valence-electron chi connectivity index (χ2n) is 3.88. The molecular weight excluding hydrogens is 196 g/mol. The molecule has 0 saturated heterocycles. The Labute approximate surface area is 80.4 Å². The van der Waals surface area contributed by atoms with Gasteiger partial charge in [-0.2, -0.15) is 0 Å². The van der Waals surface area contributed by atoms with Crippen molar-refractivity contribution in [3.63, 3.8) is 0 Å². The first kappa shape index (κ1) is 14.9. The normalized spacial score (nSPS) is 14.6. The third-order valence-electron chi connectivity index (χ3n) is 0.763. The van der Waals surface area contributed by atoms with Crippen molar-refractivity contribution >= 4 is 20.8 Å². The molecule has 0 rings (SSSR count). The standard InChI is InChI=1S/C4H11NS.C3H9F2Si/c1-3-5(6)4-2;1-6(2,3,4)5/h6H,3-4H2,1-2H3;1-3H3/q;-1/p+1. The van der Waals surface area contributed by atoms with E-state index in [0.717, 1.165) is 32.7 Å². The van der Waals surface area contributed by atoms with Crippen LogP contribution in [0.4, 0.5) is 8.22 Å². The number of rotatable bonds is 2. The van der Waals surface area contributed by atoms with Gasteiger partial charge < -0.3 is 0 Å². The zero-order chi connectivity index (χ0) is 10.4. The second-order valence-corrected chi connectivity index (χ2v) is 9.92. The maximum atomic E-state index is 11.9. The molecule has 0 radical (unpaired) electrons. The van der Waals surface area contributed by atoms with Gasteiger partial charge in [0.15, 0.2) is 0 Å². The van der Waals surface area contributed by atoms with Crippen molar-refractivity contribution in [1.82, 2.24) is 4.31 Å². The van der Waals surface area contributed by atoms with E-state index in [1.807, 2.05) is 0 Å². The Hall–Kier alpha value is 0.387. The van der Waals surface area contributed by atoms with E-state index in [9.17, 15) is 8.22 Å². The Morgan fingerprint density at radius 1 is 1.08 bits per heavy atom. The van der Waals surface area contributed by atoms with E-state index in [4.69, 9.17) is 0 Å². The molecule has 0 amide bonds. The third kappa shape index (κ3) is 47.6. The molecule has 0 aliphatic rings. The third-order valence-corrected chi connectivity index (χ3v) is 1.40. The fraction of sp³-hybridized carbons (Fsp3) is 1.00. The fourth-order valence-electron chi connectivity index (χ4n) is 0.224. The molecular formula is C7H21F2NSSi. The van der Waals surface area contributed by atoms with Crippen LogP contribution in [0, 0.1) is 0 Å². The van der Waals surface area contributed by atoms with Gasteiger partial charge in [0.25, 0.3) is 0 Å². The van der Waals surface area contributed by atoms with E-state index in [1.54, 1.807) is 0 Å². The van der Waals surface area contributed by atoms with Gasteiger partial charge >= 0.3 is 35.9 Å². The molecule has 5 heteroatoms. The Bertz CT molecular complexity index is 101. The molecule has 0 spiro atoms. The quantitative estimate of drug-likeness (QED) is 0.390. The van der Waals surface area contributed by atoms with E-state index in [-0.39, 0.29) is 0 Å². The monoisotopic (exact) mass is 217 g/mol. The first-order valence-electron chi connectivity index (χ1n) is 4.15. The Balaban J connectivity index is 0. The summed E-state index contributed by atoms with van der Waals surface area (Å²) in [6.07, 6.45) is 0. The topological polar surface area (TPSA) is 3.24 Å². The van der Waals surface area contributed by atoms with Crippen LogP contribution in [-0.4, -0.2) is 25.4 Å². The Kier molecular flexibility index (Phi) is 6.44. The minimum atomic E-state index is -4.25. The molecule has 0 saturated carbocycles. The summed E-state index contributed by atoms with van der Waals surface area (Å²) in [4.78, 5) is 0. The molecule has 0 bridgehead atoms. The summed E-state index contributed by atoms with van der Waals surface area (Å²) in [6.45, 7) is 9.45. The van der Waals surface area contributed by atoms with Crippen molar-refractivity contribution in [3.05, 3.63) is 0 Å². The molecule has 0 aromatic heterocycles. The van der Waals surface area contributed by atoms with Crippen LogP contribution >= 0.6 is 0 Å². The van der Waals surface area contributed by atoms with E-state index in [1.165, 1.54) is 0 Å². The van der Waals surface area contributed by atoms with Gasteiger partial charge in [0.05, 0.1) is 0 Å². The number of nitrogens with zero attached hydrogens (tertiary/aromatic N) is 1. The molecule has 1 nitrogen and oxygen atoms in total. The molecule has 0 atom stereocenters. The van der Waals surface area contributed by atoms with Gasteiger partial charge in [-0.05, 0) is 13.8 Å². The molecule has 0 aliphatic carbocycles. The maximum absolute atomic E-state index is 11.9. The van der Waals surface area contributed by atoms with Crippen molar-refractivity contribution in [3.8, 4) is 0 Å². The molecule has 0 fully saturated rings. The summed E-state index contributed by atoms with van der Waals surface area (Å²) >= 11 is 3.35. The Morgan fingerprint density at radius 2 is 1.25 bits per heavy atom. The van der Waals surface area contributed by atoms with Crippen molar-refractivity contribution in [2.45, 2.75) is 33.5 Å². The second kappa shape index (κ2) is 5.19. The molecule has 0 aromatic rings. The van der Waals surface area contributed by atoms with Gasteiger partial charge in [0.2, 0.25) is 0 Å². The zero-order valence-corrected chi connectivity index (χ0v) is 10.6. The first-order chi connectivity index (χ1) is 5.04. The van der Waals surface area contributed by atoms with E-state index < -0.39 is 8.02 Å². The van der Waals surface area contributed by atoms with Crippen molar-refractivity contribution in [2.75, 3.05) is 13.1 Å². The van der Waals surface area contributed by atoms with E-state index in [2.05, 4.69) is 31.0 Å². The molecule has 12 heavy (non-hydrogen) atoms. The molecule has 0 aliphatic heterocycles. The summed E-state index contributed by atoms with van der Waals surface area (Å²) in [5.41, 5.74) is 0. The van der Waals surface area contributed by atoms with Crippen LogP contribution in [0.2, 0.25) is 19.6 Å². The molecule has 0 heterocycles. The summed E-state index contributed by atoms with van der Waals surface area (Å²) in [5.74, 6) is 0. The van der Waals surface area contributed by atoms with Gasteiger partial charge in [-0.15, -0.1) is 4.31 Å². The van der Waals surface area contributed by atoms with Gasteiger partial charge in [-0.25, -0.2) is 0 Å². The van der Waals surface area contributed by atoms with Gasteiger partial charge in [0, 0.05) is 25.9 Å². The van der Waals surface area contributed by atoms with Crippen LogP contribution in [0.1, 0.15) is 13.8 Å². The SMILES string of the molecule is CCN([SH2+])CC.C[Si-](C)(C)(F)F. The molecule has 0 N–H and O–H groups in total. The van der Waals surface area contributed by atoms with Crippen LogP contribution in [-0.2, 0) is 12.8 Å². The van der Waals surface area contributed by atoms with E-state index >= 15 is 0 Å². The van der Waals surface area contributed by atoms with Crippen LogP contribution < -0.4 is 0 Å². The van der Waals surface area contributed by atoms with E-state index in [0.29, 0.717) is 0 Å². The van der Waals surface area contributed by atoms with Crippen molar-refractivity contribution in [1.29, 1.82) is 0 Å². The average Bonchev–Trinajstić information content (AvgIpc) is 1.81. The summed E-state index contributed by atoms with van der Waals surface area (Å²) < 4.78 is 25.8. The van der Waals surface area contributed by atoms with Crippen LogP contribution in [0.5, 0.6) is 0 Å². The van der Waals surface area contributed by atoms with Crippen molar-refractivity contribution in [2.24, 2.45) is 0 Å². The predicted octanol–water partition coefficient (Wildman–Crippen LogP) is 2.47. The Morgan fingerprint density at radius 3 is 1.25 bits per heavy atom. The number of hydrogen-bond donors (Lipinski definition) is 0. The summed E-state index contributed by atoms with van der Waals surface area (Å²) in [5, 5.41) is 0. The van der Waals surface area contributed by atoms with Gasteiger partial charge in [-0.3, -0.25) is 0 Å². The summed E-state index contributed by atoms with van der Waals surface area (Å²) in [7, 11) is -4.25. The number of hydrogen-bond acceptors (Lipinski definition) is 1.